The van der Waals surface area contributed by atoms with Gasteiger partial charge in [0.25, 0.3) is 5.91 Å². The average molecular weight is 400 g/mol. The summed E-state index contributed by atoms with van der Waals surface area (Å²) < 4.78 is 5.82. The van der Waals surface area contributed by atoms with Crippen molar-refractivity contribution in [1.82, 2.24) is 0 Å². The van der Waals surface area contributed by atoms with Crippen molar-refractivity contribution in [2.75, 3.05) is 10.2 Å². The summed E-state index contributed by atoms with van der Waals surface area (Å²) in [4.78, 5) is 26.8. The van der Waals surface area contributed by atoms with Crippen LogP contribution >= 0.6 is 0 Å². The highest BCUT2D eigenvalue weighted by molar-refractivity contribution is 6.00. The molecular formula is C25H24N2O3. The summed E-state index contributed by atoms with van der Waals surface area (Å²) in [6, 6.07) is 25.2. The van der Waals surface area contributed by atoms with E-state index in [2.05, 4.69) is 5.32 Å². The van der Waals surface area contributed by atoms with Gasteiger partial charge in [-0.3, -0.25) is 9.59 Å². The minimum absolute atomic E-state index is 0.0557. The molecular weight excluding hydrogens is 376 g/mol. The average Bonchev–Trinajstić information content (AvgIpc) is 2.77. The highest BCUT2D eigenvalue weighted by Crippen LogP contribution is 2.37. The molecule has 0 aromatic heterocycles. The molecule has 30 heavy (non-hydrogen) atoms. The second-order valence-corrected chi connectivity index (χ2v) is 7.39. The molecule has 1 aliphatic rings. The lowest BCUT2D eigenvalue weighted by atomic mass is 10.1. The number of ether oxygens (including phenoxy) is 1. The number of amides is 2. The molecule has 3 aromatic carbocycles. The molecule has 0 aliphatic carbocycles. The maximum atomic E-state index is 12.7. The zero-order valence-electron chi connectivity index (χ0n) is 16.9. The molecule has 152 valence electrons. The Morgan fingerprint density at radius 3 is 2.33 bits per heavy atom. The molecule has 2 amide bonds. The van der Waals surface area contributed by atoms with Crippen LogP contribution in [0.3, 0.4) is 0 Å². The van der Waals surface area contributed by atoms with Crippen LogP contribution in [0.25, 0.3) is 0 Å². The smallest absolute Gasteiger partial charge is 0.268 e. The number of hydrogen-bond acceptors (Lipinski definition) is 3. The zero-order valence-corrected chi connectivity index (χ0v) is 16.9. The van der Waals surface area contributed by atoms with Gasteiger partial charge in [0.1, 0.15) is 5.75 Å². The predicted octanol–water partition coefficient (Wildman–Crippen LogP) is 4.57. The molecule has 0 fully saturated rings. The van der Waals surface area contributed by atoms with Gasteiger partial charge in [0.05, 0.1) is 12.2 Å². The third-order valence-electron chi connectivity index (χ3n) is 5.12. The van der Waals surface area contributed by atoms with Gasteiger partial charge >= 0.3 is 0 Å². The molecule has 4 rings (SSSR count). The molecule has 1 unspecified atom stereocenters. The van der Waals surface area contributed by atoms with Crippen molar-refractivity contribution in [2.24, 2.45) is 0 Å². The first-order chi connectivity index (χ1) is 14.6. The molecule has 5 heteroatoms. The lowest BCUT2D eigenvalue weighted by Gasteiger charge is -2.33. The number of nitrogens with zero attached hydrogens (tertiary/aromatic N) is 1. The highest BCUT2D eigenvalue weighted by atomic mass is 16.5. The van der Waals surface area contributed by atoms with E-state index in [1.807, 2.05) is 72.8 Å². The Balaban J connectivity index is 1.47. The van der Waals surface area contributed by atoms with Crippen LogP contribution in [0.1, 0.15) is 24.5 Å². The Kier molecular flexibility index (Phi) is 5.80. The van der Waals surface area contributed by atoms with Crippen LogP contribution in [0.5, 0.6) is 5.75 Å². The molecule has 3 aromatic rings. The molecule has 1 aliphatic heterocycles. The molecule has 1 heterocycles. The highest BCUT2D eigenvalue weighted by Gasteiger charge is 2.31. The van der Waals surface area contributed by atoms with E-state index < -0.39 is 6.10 Å². The number of anilines is 2. The molecule has 0 radical (unpaired) electrons. The fraction of sp³-hybridized carbons (Fsp3) is 0.200. The Bertz CT molecular complexity index is 1030. The van der Waals surface area contributed by atoms with Crippen LogP contribution in [0.15, 0.2) is 78.9 Å². The molecule has 0 saturated heterocycles. The maximum Gasteiger partial charge on any atom is 0.268 e. The Morgan fingerprint density at radius 2 is 1.63 bits per heavy atom. The molecule has 0 bridgehead atoms. The van der Waals surface area contributed by atoms with Gasteiger partial charge in [0, 0.05) is 18.2 Å². The van der Waals surface area contributed by atoms with Crippen molar-refractivity contribution in [3.63, 3.8) is 0 Å². The number of aryl methyl sites for hydroxylation is 1. The minimum atomic E-state index is -0.578. The van der Waals surface area contributed by atoms with Crippen LogP contribution in [-0.4, -0.2) is 17.9 Å². The number of carbonyl (C=O) groups excluding carboxylic acids is 2. The number of carbonyl (C=O) groups is 2. The van der Waals surface area contributed by atoms with Gasteiger partial charge in [-0.25, -0.2) is 0 Å². The fourth-order valence-corrected chi connectivity index (χ4v) is 3.54. The fourth-order valence-electron chi connectivity index (χ4n) is 3.54. The lowest BCUT2D eigenvalue weighted by Crippen LogP contribution is -2.44. The topological polar surface area (TPSA) is 58.6 Å². The van der Waals surface area contributed by atoms with Gasteiger partial charge < -0.3 is 15.0 Å². The standard InChI is InChI=1S/C25H24N2O3/c1-18-25(29)27(17-20-10-6-3-7-11-20)22-14-13-21(16-23(22)30-18)26-24(28)15-12-19-8-4-2-5-9-19/h2-11,13-14,16,18H,12,15,17H2,1H3,(H,26,28). The van der Waals surface area contributed by atoms with E-state index in [0.29, 0.717) is 36.5 Å². The van der Waals surface area contributed by atoms with Crippen molar-refractivity contribution in [2.45, 2.75) is 32.4 Å². The summed E-state index contributed by atoms with van der Waals surface area (Å²) in [6.07, 6.45) is 0.506. The molecule has 0 saturated carbocycles. The van der Waals surface area contributed by atoms with Gasteiger partial charge in [-0.2, -0.15) is 0 Å². The normalized spacial score (nSPS) is 15.3. The minimum Gasteiger partial charge on any atom is -0.479 e. The second-order valence-electron chi connectivity index (χ2n) is 7.39. The van der Waals surface area contributed by atoms with Crippen LogP contribution in [-0.2, 0) is 22.6 Å². The van der Waals surface area contributed by atoms with Gasteiger partial charge in [-0.05, 0) is 36.6 Å². The monoisotopic (exact) mass is 400 g/mol. The zero-order chi connectivity index (χ0) is 20.9. The van der Waals surface area contributed by atoms with Crippen molar-refractivity contribution >= 4 is 23.2 Å². The van der Waals surface area contributed by atoms with Crippen LogP contribution in [0.4, 0.5) is 11.4 Å². The summed E-state index contributed by atoms with van der Waals surface area (Å²) in [6.45, 7) is 2.22. The third kappa shape index (κ3) is 4.51. The first-order valence-corrected chi connectivity index (χ1v) is 10.1. The first-order valence-electron chi connectivity index (χ1n) is 10.1. The van der Waals surface area contributed by atoms with Crippen LogP contribution in [0, 0.1) is 0 Å². The summed E-state index contributed by atoms with van der Waals surface area (Å²) in [5, 5.41) is 2.93. The van der Waals surface area contributed by atoms with E-state index >= 15 is 0 Å². The summed E-state index contributed by atoms with van der Waals surface area (Å²) in [5.74, 6) is 0.463. The van der Waals surface area contributed by atoms with Gasteiger partial charge in [0.2, 0.25) is 5.91 Å². The number of hydrogen-bond donors (Lipinski definition) is 1. The Labute approximate surface area is 176 Å². The number of rotatable bonds is 6. The lowest BCUT2D eigenvalue weighted by molar-refractivity contribution is -0.125. The van der Waals surface area contributed by atoms with Crippen molar-refractivity contribution in [3.8, 4) is 5.75 Å². The Morgan fingerprint density at radius 1 is 0.967 bits per heavy atom. The van der Waals surface area contributed by atoms with Crippen LogP contribution in [0.2, 0.25) is 0 Å². The van der Waals surface area contributed by atoms with Crippen LogP contribution < -0.4 is 15.0 Å². The first kappa shape index (κ1) is 19.7. The predicted molar refractivity (Wildman–Crippen MR) is 118 cm³/mol. The summed E-state index contributed by atoms with van der Waals surface area (Å²) in [7, 11) is 0. The maximum absolute atomic E-state index is 12.7. The molecule has 1 N–H and O–H groups in total. The SMILES string of the molecule is CC1Oc2cc(NC(=O)CCc3ccccc3)ccc2N(Cc2ccccc2)C1=O. The number of fused-ring (bicyclic) bond motifs is 1. The van der Waals surface area contributed by atoms with Gasteiger partial charge in [-0.15, -0.1) is 0 Å². The molecule has 0 spiro atoms. The van der Waals surface area contributed by atoms with Crippen molar-refractivity contribution in [3.05, 3.63) is 90.0 Å². The Hall–Kier alpha value is -3.60. The van der Waals surface area contributed by atoms with Crippen molar-refractivity contribution < 1.29 is 14.3 Å². The van der Waals surface area contributed by atoms with E-state index in [9.17, 15) is 9.59 Å². The number of benzene rings is 3. The largest absolute Gasteiger partial charge is 0.479 e. The number of nitrogens with one attached hydrogen (secondary N) is 1. The van der Waals surface area contributed by atoms with E-state index in [0.717, 1.165) is 11.1 Å². The summed E-state index contributed by atoms with van der Waals surface area (Å²) in [5.41, 5.74) is 3.55. The summed E-state index contributed by atoms with van der Waals surface area (Å²) >= 11 is 0. The van der Waals surface area contributed by atoms with E-state index in [4.69, 9.17) is 4.74 Å². The second kappa shape index (κ2) is 8.82. The van der Waals surface area contributed by atoms with Crippen molar-refractivity contribution in [1.29, 1.82) is 0 Å². The quantitative estimate of drug-likeness (QED) is 0.659. The van der Waals surface area contributed by atoms with Gasteiger partial charge in [-0.1, -0.05) is 60.7 Å². The van der Waals surface area contributed by atoms with E-state index in [1.54, 1.807) is 17.9 Å². The van der Waals surface area contributed by atoms with E-state index in [1.165, 1.54) is 0 Å². The third-order valence-corrected chi connectivity index (χ3v) is 5.12. The van der Waals surface area contributed by atoms with Gasteiger partial charge in [0.15, 0.2) is 6.10 Å². The van der Waals surface area contributed by atoms with E-state index in [-0.39, 0.29) is 11.8 Å². The molecule has 1 atom stereocenters. The molecule has 5 nitrogen and oxygen atoms in total.